The van der Waals surface area contributed by atoms with E-state index in [-0.39, 0.29) is 12.0 Å². The van der Waals surface area contributed by atoms with Crippen molar-refractivity contribution in [2.75, 3.05) is 27.3 Å². The van der Waals surface area contributed by atoms with Crippen molar-refractivity contribution in [3.8, 4) is 0 Å². The van der Waals surface area contributed by atoms with Gasteiger partial charge in [0.25, 0.3) is 0 Å². The lowest BCUT2D eigenvalue weighted by Gasteiger charge is -2.25. The number of aromatic nitrogens is 3. The van der Waals surface area contributed by atoms with Crippen LogP contribution in [0.15, 0.2) is 4.99 Å². The Bertz CT molecular complexity index is 631. The van der Waals surface area contributed by atoms with Crippen LogP contribution >= 0.6 is 0 Å². The molecular weight excluding hydrogens is 360 g/mol. The summed E-state index contributed by atoms with van der Waals surface area (Å²) in [6.45, 7) is 4.89. The summed E-state index contributed by atoms with van der Waals surface area (Å²) in [5, 5.41) is 11.4. The molecule has 2 heterocycles. The predicted octanol–water partition coefficient (Wildman–Crippen LogP) is 1.42. The third-order valence-corrected chi connectivity index (χ3v) is 4.65. The zero-order chi connectivity index (χ0) is 20.2. The van der Waals surface area contributed by atoms with E-state index in [4.69, 9.17) is 4.74 Å². The lowest BCUT2D eigenvalue weighted by Crippen LogP contribution is -2.47. The number of fused-ring (bicyclic) bond motifs is 1. The van der Waals surface area contributed by atoms with E-state index in [1.54, 1.807) is 7.11 Å². The molecule has 0 radical (unpaired) electrons. The molecule has 0 spiro atoms. The third kappa shape index (κ3) is 7.46. The molecule has 9 nitrogen and oxygen atoms in total. The summed E-state index contributed by atoms with van der Waals surface area (Å²) in [5.41, 5.74) is 0. The first kappa shape index (κ1) is 22.1. The second kappa shape index (κ2) is 12.3. The largest absolute Gasteiger partial charge is 0.469 e. The summed E-state index contributed by atoms with van der Waals surface area (Å²) < 4.78 is 11.7. The van der Waals surface area contributed by atoms with Crippen molar-refractivity contribution >= 4 is 11.9 Å². The molecule has 0 aliphatic carbocycles. The Labute approximate surface area is 167 Å². The van der Waals surface area contributed by atoms with E-state index >= 15 is 0 Å². The number of hydrogen-bond acceptors (Lipinski definition) is 6. The Balaban J connectivity index is 1.74. The van der Waals surface area contributed by atoms with Gasteiger partial charge in [-0.05, 0) is 26.2 Å². The molecular formula is C19H34N6O3. The highest BCUT2D eigenvalue weighted by Crippen LogP contribution is 2.13. The number of methoxy groups -OCH3 is 2. The molecule has 2 N–H and O–H groups in total. The predicted molar refractivity (Wildman–Crippen MR) is 107 cm³/mol. The van der Waals surface area contributed by atoms with Crippen molar-refractivity contribution < 1.29 is 14.3 Å². The maximum Gasteiger partial charge on any atom is 0.305 e. The van der Waals surface area contributed by atoms with Gasteiger partial charge in [-0.15, -0.1) is 0 Å². The van der Waals surface area contributed by atoms with E-state index in [0.29, 0.717) is 13.0 Å². The van der Waals surface area contributed by atoms with Gasteiger partial charge in [-0.2, -0.15) is 5.10 Å². The average Bonchev–Trinajstić information content (AvgIpc) is 3.09. The van der Waals surface area contributed by atoms with Gasteiger partial charge in [0, 0.05) is 39.1 Å². The summed E-state index contributed by atoms with van der Waals surface area (Å²) in [6, 6.07) is 0.280. The Kier molecular flexibility index (Phi) is 9.74. The molecule has 1 atom stereocenters. The number of rotatable bonds is 11. The van der Waals surface area contributed by atoms with E-state index in [1.165, 1.54) is 7.11 Å². The van der Waals surface area contributed by atoms with Crippen molar-refractivity contribution in [1.29, 1.82) is 0 Å². The number of hydrogen-bond donors (Lipinski definition) is 2. The van der Waals surface area contributed by atoms with Crippen LogP contribution in [-0.2, 0) is 33.8 Å². The first-order chi connectivity index (χ1) is 13.7. The number of carbonyl (C=O) groups excluding carboxylic acids is 1. The number of esters is 1. The monoisotopic (exact) mass is 394 g/mol. The second-order valence-electron chi connectivity index (χ2n) is 6.94. The standard InChI is InChI=1S/C19H34N6O3/c1-4-20-19(21-12-8-6-5-7-9-18(26)28-3)22-15-10-11-17-23-16(14-27-2)24-25(17)13-15/h15H,4-14H2,1-3H3,(H2,20,21,22). The minimum Gasteiger partial charge on any atom is -0.469 e. The molecule has 158 valence electrons. The number of carbonyl (C=O) groups is 1. The smallest absolute Gasteiger partial charge is 0.305 e. The molecule has 2 rings (SSSR count). The molecule has 28 heavy (non-hydrogen) atoms. The second-order valence-corrected chi connectivity index (χ2v) is 6.94. The molecule has 1 aliphatic heterocycles. The number of aryl methyl sites for hydroxylation is 1. The van der Waals surface area contributed by atoms with Gasteiger partial charge >= 0.3 is 5.97 Å². The zero-order valence-electron chi connectivity index (χ0n) is 17.4. The van der Waals surface area contributed by atoms with E-state index in [1.807, 2.05) is 4.68 Å². The van der Waals surface area contributed by atoms with Crippen molar-refractivity contribution in [3.63, 3.8) is 0 Å². The van der Waals surface area contributed by atoms with Crippen molar-refractivity contribution in [3.05, 3.63) is 11.6 Å². The SMILES string of the molecule is CCNC(=NCCCCCCC(=O)OC)NC1CCc2nc(COC)nn2C1. The maximum atomic E-state index is 11.1. The van der Waals surface area contributed by atoms with Gasteiger partial charge in [0.05, 0.1) is 13.7 Å². The Morgan fingerprint density at radius 3 is 2.86 bits per heavy atom. The number of nitrogens with one attached hydrogen (secondary N) is 2. The maximum absolute atomic E-state index is 11.1. The fraction of sp³-hybridized carbons (Fsp3) is 0.789. The van der Waals surface area contributed by atoms with Gasteiger partial charge in [-0.25, -0.2) is 9.67 Å². The van der Waals surface area contributed by atoms with Crippen LogP contribution < -0.4 is 10.6 Å². The molecule has 1 aliphatic rings. The van der Waals surface area contributed by atoms with Gasteiger partial charge in [0.1, 0.15) is 12.4 Å². The summed E-state index contributed by atoms with van der Waals surface area (Å²) in [5.74, 6) is 2.49. The quantitative estimate of drug-likeness (QED) is 0.253. The van der Waals surface area contributed by atoms with Gasteiger partial charge < -0.3 is 20.1 Å². The van der Waals surface area contributed by atoms with Crippen LogP contribution in [0.2, 0.25) is 0 Å². The molecule has 1 aromatic rings. The van der Waals surface area contributed by atoms with Crippen LogP contribution in [0.5, 0.6) is 0 Å². The third-order valence-electron chi connectivity index (χ3n) is 4.65. The lowest BCUT2D eigenvalue weighted by molar-refractivity contribution is -0.140. The van der Waals surface area contributed by atoms with Crippen molar-refractivity contribution in [2.45, 2.75) is 71.1 Å². The molecule has 0 saturated carbocycles. The number of nitrogens with zero attached hydrogens (tertiary/aromatic N) is 4. The minimum atomic E-state index is -0.131. The topological polar surface area (TPSA) is 103 Å². The van der Waals surface area contributed by atoms with E-state index in [0.717, 1.165) is 75.8 Å². The zero-order valence-corrected chi connectivity index (χ0v) is 17.4. The fourth-order valence-corrected chi connectivity index (χ4v) is 3.21. The Morgan fingerprint density at radius 2 is 2.11 bits per heavy atom. The lowest BCUT2D eigenvalue weighted by atomic mass is 10.1. The molecule has 0 amide bonds. The van der Waals surface area contributed by atoms with Gasteiger partial charge in [-0.3, -0.25) is 9.79 Å². The summed E-state index contributed by atoms with van der Waals surface area (Å²) in [4.78, 5) is 20.3. The molecule has 0 saturated heterocycles. The number of unbranched alkanes of at least 4 members (excludes halogenated alkanes) is 3. The van der Waals surface area contributed by atoms with E-state index in [9.17, 15) is 4.79 Å². The van der Waals surface area contributed by atoms with Crippen LogP contribution in [0.25, 0.3) is 0 Å². The fourth-order valence-electron chi connectivity index (χ4n) is 3.21. The van der Waals surface area contributed by atoms with Crippen LogP contribution in [0.4, 0.5) is 0 Å². The molecule has 0 bridgehead atoms. The molecule has 1 unspecified atom stereocenters. The molecule has 0 fully saturated rings. The highest BCUT2D eigenvalue weighted by Gasteiger charge is 2.22. The molecule has 1 aromatic heterocycles. The van der Waals surface area contributed by atoms with E-state index in [2.05, 4.69) is 37.4 Å². The van der Waals surface area contributed by atoms with Gasteiger partial charge in [0.2, 0.25) is 0 Å². The van der Waals surface area contributed by atoms with Crippen molar-refractivity contribution in [1.82, 2.24) is 25.4 Å². The van der Waals surface area contributed by atoms with Crippen LogP contribution in [0.1, 0.15) is 57.1 Å². The number of guanidine groups is 1. The van der Waals surface area contributed by atoms with Crippen molar-refractivity contribution in [2.24, 2.45) is 4.99 Å². The Morgan fingerprint density at radius 1 is 1.29 bits per heavy atom. The average molecular weight is 395 g/mol. The van der Waals surface area contributed by atoms with E-state index < -0.39 is 0 Å². The highest BCUT2D eigenvalue weighted by molar-refractivity contribution is 5.80. The summed E-state index contributed by atoms with van der Waals surface area (Å²) in [7, 11) is 3.09. The summed E-state index contributed by atoms with van der Waals surface area (Å²) >= 11 is 0. The van der Waals surface area contributed by atoms with Crippen LogP contribution in [-0.4, -0.2) is 60.0 Å². The molecule has 9 heteroatoms. The number of aliphatic imine (C=N–C) groups is 1. The Hall–Kier alpha value is -2.16. The first-order valence-corrected chi connectivity index (χ1v) is 10.2. The highest BCUT2D eigenvalue weighted by atomic mass is 16.5. The van der Waals surface area contributed by atoms with Gasteiger partial charge in [-0.1, -0.05) is 12.8 Å². The first-order valence-electron chi connectivity index (χ1n) is 10.2. The van der Waals surface area contributed by atoms with Crippen LogP contribution in [0, 0.1) is 0 Å². The summed E-state index contributed by atoms with van der Waals surface area (Å²) in [6.07, 6.45) is 6.38. The van der Waals surface area contributed by atoms with Crippen LogP contribution in [0.3, 0.4) is 0 Å². The van der Waals surface area contributed by atoms with Gasteiger partial charge in [0.15, 0.2) is 11.8 Å². The molecule has 0 aromatic carbocycles. The number of ether oxygens (including phenoxy) is 2. The minimum absolute atomic E-state index is 0.131. The normalized spacial score (nSPS) is 16.5.